The summed E-state index contributed by atoms with van der Waals surface area (Å²) in [7, 11) is 0. The molecule has 1 saturated carbocycles. The van der Waals surface area contributed by atoms with Crippen molar-refractivity contribution in [1.29, 1.82) is 0 Å². The molecule has 0 spiro atoms. The van der Waals surface area contributed by atoms with E-state index >= 15 is 0 Å². The Bertz CT molecular complexity index is 349. The highest BCUT2D eigenvalue weighted by atomic mass is 79.9. The molecule has 0 radical (unpaired) electrons. The third-order valence-electron chi connectivity index (χ3n) is 2.99. The fourth-order valence-electron chi connectivity index (χ4n) is 1.66. The lowest BCUT2D eigenvalue weighted by molar-refractivity contribution is 0.611. The molecule has 2 rings (SSSR count). The minimum atomic E-state index is 0.522. The molecule has 0 amide bonds. The van der Waals surface area contributed by atoms with Crippen LogP contribution in [0.5, 0.6) is 0 Å². The molecule has 1 aromatic carbocycles. The quantitative estimate of drug-likeness (QED) is 0.727. The normalized spacial score (nSPS) is 24.8. The summed E-state index contributed by atoms with van der Waals surface area (Å²) in [5, 5.41) is 0. The molecule has 74 valence electrons. The van der Waals surface area contributed by atoms with Gasteiger partial charge in [-0.05, 0) is 23.3 Å². The monoisotopic (exact) mass is 250 g/mol. The zero-order chi connectivity index (χ0) is 10.2. The van der Waals surface area contributed by atoms with E-state index in [-0.39, 0.29) is 0 Å². The minimum Gasteiger partial charge on any atom is -0.0660 e. The van der Waals surface area contributed by atoms with Crippen molar-refractivity contribution >= 4 is 20.4 Å². The Morgan fingerprint density at radius 3 is 2.43 bits per heavy atom. The maximum atomic E-state index is 3.64. The van der Waals surface area contributed by atoms with Gasteiger partial charge in [-0.3, -0.25) is 0 Å². The van der Waals surface area contributed by atoms with Crippen LogP contribution >= 0.6 is 15.9 Å². The number of allylic oxidation sites excluding steroid dienone is 1. The van der Waals surface area contributed by atoms with Crippen molar-refractivity contribution in [2.75, 3.05) is 0 Å². The van der Waals surface area contributed by atoms with Crippen molar-refractivity contribution in [2.45, 2.75) is 20.3 Å². The highest BCUT2D eigenvalue weighted by molar-refractivity contribution is 9.15. The van der Waals surface area contributed by atoms with E-state index in [0.29, 0.717) is 5.41 Å². The van der Waals surface area contributed by atoms with Gasteiger partial charge in [-0.15, -0.1) is 0 Å². The van der Waals surface area contributed by atoms with Crippen LogP contribution in [0.25, 0.3) is 4.48 Å². The summed E-state index contributed by atoms with van der Waals surface area (Å²) < 4.78 is 1.23. The van der Waals surface area contributed by atoms with Gasteiger partial charge in [-0.25, -0.2) is 0 Å². The molecule has 0 N–H and O–H groups in total. The predicted octanol–water partition coefficient (Wildman–Crippen LogP) is 4.47. The Morgan fingerprint density at radius 2 is 1.93 bits per heavy atom. The molecule has 1 atom stereocenters. The van der Waals surface area contributed by atoms with Crippen molar-refractivity contribution in [2.24, 2.45) is 11.3 Å². The number of halogens is 1. The second-order valence-corrected chi connectivity index (χ2v) is 5.53. The summed E-state index contributed by atoms with van der Waals surface area (Å²) in [4.78, 5) is 0. The van der Waals surface area contributed by atoms with Gasteiger partial charge in [-0.2, -0.15) is 0 Å². The first-order chi connectivity index (χ1) is 6.59. The average molecular weight is 251 g/mol. The van der Waals surface area contributed by atoms with Crippen LogP contribution in [0.2, 0.25) is 0 Å². The lowest BCUT2D eigenvalue weighted by Crippen LogP contribution is -1.86. The molecular formula is C13H15Br. The zero-order valence-electron chi connectivity index (χ0n) is 8.63. The van der Waals surface area contributed by atoms with Crippen LogP contribution in [-0.2, 0) is 0 Å². The summed E-state index contributed by atoms with van der Waals surface area (Å²) in [6.45, 7) is 4.64. The zero-order valence-corrected chi connectivity index (χ0v) is 10.2. The number of benzene rings is 1. The maximum Gasteiger partial charge on any atom is 0.0210 e. The molecule has 1 aliphatic rings. The van der Waals surface area contributed by atoms with E-state index in [1.54, 1.807) is 0 Å². The second kappa shape index (κ2) is 3.54. The molecular weight excluding hydrogens is 236 g/mol. The first-order valence-corrected chi connectivity index (χ1v) is 5.82. The number of hydrogen-bond donors (Lipinski definition) is 0. The standard InChI is InChI=1S/C13H15Br/c1-13(2)9-11(13)8-12(14)10-6-4-3-5-7-10/h3-8,11H,9H2,1-2H3. The van der Waals surface area contributed by atoms with Gasteiger partial charge in [0.2, 0.25) is 0 Å². The van der Waals surface area contributed by atoms with E-state index in [1.807, 2.05) is 6.07 Å². The minimum absolute atomic E-state index is 0.522. The first kappa shape index (κ1) is 9.97. The molecule has 1 heteroatoms. The molecule has 1 aliphatic carbocycles. The third kappa shape index (κ3) is 2.09. The van der Waals surface area contributed by atoms with Crippen LogP contribution in [0.4, 0.5) is 0 Å². The molecule has 0 saturated heterocycles. The van der Waals surface area contributed by atoms with Gasteiger partial charge in [0.15, 0.2) is 0 Å². The summed E-state index contributed by atoms with van der Waals surface area (Å²) in [5.74, 6) is 0.747. The first-order valence-electron chi connectivity index (χ1n) is 5.02. The molecule has 0 nitrogen and oxygen atoms in total. The fourth-order valence-corrected chi connectivity index (χ4v) is 2.25. The van der Waals surface area contributed by atoms with Crippen LogP contribution in [0, 0.1) is 11.3 Å². The Labute approximate surface area is 94.2 Å². The third-order valence-corrected chi connectivity index (χ3v) is 3.71. The van der Waals surface area contributed by atoms with E-state index in [0.717, 1.165) is 5.92 Å². The van der Waals surface area contributed by atoms with Gasteiger partial charge in [0.25, 0.3) is 0 Å². The van der Waals surface area contributed by atoms with Crippen LogP contribution in [-0.4, -0.2) is 0 Å². The molecule has 0 heterocycles. The highest BCUT2D eigenvalue weighted by Gasteiger charge is 2.43. The van der Waals surface area contributed by atoms with E-state index in [1.165, 1.54) is 16.5 Å². The van der Waals surface area contributed by atoms with Crippen molar-refractivity contribution in [1.82, 2.24) is 0 Å². The maximum absolute atomic E-state index is 3.64. The van der Waals surface area contributed by atoms with E-state index < -0.39 is 0 Å². The molecule has 0 bridgehead atoms. The summed E-state index contributed by atoms with van der Waals surface area (Å²) >= 11 is 3.64. The second-order valence-electron chi connectivity index (χ2n) is 4.68. The Hall–Kier alpha value is -0.560. The average Bonchev–Trinajstić information content (AvgIpc) is 2.75. The Kier molecular flexibility index (Phi) is 2.52. The smallest absolute Gasteiger partial charge is 0.0210 e. The lowest BCUT2D eigenvalue weighted by atomic mass is 10.1. The van der Waals surface area contributed by atoms with Crippen LogP contribution in [0.3, 0.4) is 0 Å². The highest BCUT2D eigenvalue weighted by Crippen LogP contribution is 2.53. The summed E-state index contributed by atoms with van der Waals surface area (Å²) in [6, 6.07) is 10.5. The van der Waals surface area contributed by atoms with Crippen LogP contribution in [0.15, 0.2) is 36.4 Å². The number of hydrogen-bond acceptors (Lipinski definition) is 0. The van der Waals surface area contributed by atoms with Gasteiger partial charge in [0.1, 0.15) is 0 Å². The largest absolute Gasteiger partial charge is 0.0660 e. The van der Waals surface area contributed by atoms with Crippen LogP contribution in [0.1, 0.15) is 25.8 Å². The topological polar surface area (TPSA) is 0 Å². The van der Waals surface area contributed by atoms with Crippen molar-refractivity contribution < 1.29 is 0 Å². The molecule has 1 unspecified atom stereocenters. The van der Waals surface area contributed by atoms with Crippen molar-refractivity contribution in [3.63, 3.8) is 0 Å². The van der Waals surface area contributed by atoms with Crippen LogP contribution < -0.4 is 0 Å². The lowest BCUT2D eigenvalue weighted by Gasteiger charge is -2.01. The molecule has 14 heavy (non-hydrogen) atoms. The summed E-state index contributed by atoms with van der Waals surface area (Å²) in [5.41, 5.74) is 1.79. The molecule has 1 aromatic rings. The van der Waals surface area contributed by atoms with Gasteiger partial charge in [0.05, 0.1) is 0 Å². The van der Waals surface area contributed by atoms with Gasteiger partial charge >= 0.3 is 0 Å². The van der Waals surface area contributed by atoms with Gasteiger partial charge < -0.3 is 0 Å². The van der Waals surface area contributed by atoms with E-state index in [4.69, 9.17) is 0 Å². The Morgan fingerprint density at radius 1 is 1.36 bits per heavy atom. The van der Waals surface area contributed by atoms with E-state index in [2.05, 4.69) is 60.1 Å². The SMILES string of the molecule is CC1(C)CC1C=C(Br)c1ccccc1. The van der Waals surface area contributed by atoms with Crippen molar-refractivity contribution in [3.05, 3.63) is 42.0 Å². The molecule has 0 aromatic heterocycles. The number of rotatable bonds is 2. The van der Waals surface area contributed by atoms with E-state index in [9.17, 15) is 0 Å². The molecule has 0 aliphatic heterocycles. The Balaban J connectivity index is 2.14. The van der Waals surface area contributed by atoms with Gasteiger partial charge in [-0.1, -0.05) is 66.2 Å². The fraction of sp³-hybridized carbons (Fsp3) is 0.385. The molecule has 1 fully saturated rings. The summed E-state index contributed by atoms with van der Waals surface area (Å²) in [6.07, 6.45) is 3.66. The van der Waals surface area contributed by atoms with Crippen molar-refractivity contribution in [3.8, 4) is 0 Å². The van der Waals surface area contributed by atoms with Gasteiger partial charge in [0, 0.05) is 4.48 Å². The predicted molar refractivity (Wildman–Crippen MR) is 65.2 cm³/mol.